The molecule has 0 aliphatic heterocycles. The van der Waals surface area contributed by atoms with Crippen LogP contribution in [0, 0.1) is 5.92 Å². The van der Waals surface area contributed by atoms with Crippen molar-refractivity contribution >= 4 is 5.78 Å². The van der Waals surface area contributed by atoms with Crippen LogP contribution in [0.2, 0.25) is 0 Å². The monoisotopic (exact) mass is 222 g/mol. The van der Waals surface area contributed by atoms with Crippen molar-refractivity contribution in [2.75, 3.05) is 0 Å². The van der Waals surface area contributed by atoms with Gasteiger partial charge < -0.3 is 0 Å². The van der Waals surface area contributed by atoms with E-state index in [0.29, 0.717) is 12.3 Å². The van der Waals surface area contributed by atoms with E-state index in [1.807, 2.05) is 13.1 Å². The highest BCUT2D eigenvalue weighted by atomic mass is 16.1. The van der Waals surface area contributed by atoms with E-state index in [1.165, 1.54) is 0 Å². The van der Waals surface area contributed by atoms with E-state index < -0.39 is 0 Å². The molecule has 0 radical (unpaired) electrons. The molecule has 0 aliphatic carbocycles. The van der Waals surface area contributed by atoms with Gasteiger partial charge in [-0.15, -0.1) is 0 Å². The zero-order valence-electron chi connectivity index (χ0n) is 10.8. The second kappa shape index (κ2) is 5.83. The van der Waals surface area contributed by atoms with E-state index in [4.69, 9.17) is 0 Å². The molecular weight excluding hydrogens is 200 g/mol. The molecule has 0 N–H and O–H groups in total. The largest absolute Gasteiger partial charge is 0.292 e. The number of aryl methyl sites for hydroxylation is 2. The van der Waals surface area contributed by atoms with Crippen LogP contribution in [0.25, 0.3) is 0 Å². The molecule has 1 atom stereocenters. The van der Waals surface area contributed by atoms with Crippen molar-refractivity contribution in [3.05, 3.63) is 17.5 Å². The first-order chi connectivity index (χ1) is 7.58. The van der Waals surface area contributed by atoms with Crippen molar-refractivity contribution in [1.82, 2.24) is 9.78 Å². The average molecular weight is 222 g/mol. The van der Waals surface area contributed by atoms with Crippen molar-refractivity contribution < 1.29 is 4.79 Å². The van der Waals surface area contributed by atoms with E-state index in [1.54, 1.807) is 4.68 Å². The van der Waals surface area contributed by atoms with Gasteiger partial charge in [-0.2, -0.15) is 5.10 Å². The smallest absolute Gasteiger partial charge is 0.181 e. The predicted molar refractivity (Wildman–Crippen MR) is 65.6 cm³/mol. The fourth-order valence-corrected chi connectivity index (χ4v) is 1.98. The van der Waals surface area contributed by atoms with Crippen molar-refractivity contribution in [1.29, 1.82) is 0 Å². The van der Waals surface area contributed by atoms with Crippen molar-refractivity contribution in [3.63, 3.8) is 0 Å². The average Bonchev–Trinajstić information content (AvgIpc) is 2.60. The van der Waals surface area contributed by atoms with Crippen LogP contribution in [-0.2, 0) is 13.5 Å². The van der Waals surface area contributed by atoms with Crippen molar-refractivity contribution in [2.24, 2.45) is 13.0 Å². The lowest BCUT2D eigenvalue weighted by atomic mass is 9.98. The molecule has 16 heavy (non-hydrogen) atoms. The molecule has 0 fully saturated rings. The first-order valence-corrected chi connectivity index (χ1v) is 6.14. The maximum absolute atomic E-state index is 12.0. The summed E-state index contributed by atoms with van der Waals surface area (Å²) >= 11 is 0. The summed E-state index contributed by atoms with van der Waals surface area (Å²) in [6.07, 6.45) is 3.77. The van der Waals surface area contributed by atoms with E-state index in [-0.39, 0.29) is 5.78 Å². The summed E-state index contributed by atoms with van der Waals surface area (Å²) < 4.78 is 1.71. The number of hydrogen-bond acceptors (Lipinski definition) is 2. The molecule has 90 valence electrons. The van der Waals surface area contributed by atoms with Gasteiger partial charge in [-0.1, -0.05) is 33.6 Å². The van der Waals surface area contributed by atoms with E-state index in [9.17, 15) is 4.79 Å². The molecule has 0 spiro atoms. The lowest BCUT2D eigenvalue weighted by Crippen LogP contribution is -2.10. The summed E-state index contributed by atoms with van der Waals surface area (Å²) in [7, 11) is 1.84. The summed E-state index contributed by atoms with van der Waals surface area (Å²) in [6.45, 7) is 6.34. The summed E-state index contributed by atoms with van der Waals surface area (Å²) in [4.78, 5) is 12.0. The molecule has 1 aromatic heterocycles. The van der Waals surface area contributed by atoms with Gasteiger partial charge in [0.15, 0.2) is 5.78 Å². The van der Waals surface area contributed by atoms with Gasteiger partial charge in [0.05, 0.1) is 5.69 Å². The van der Waals surface area contributed by atoms with E-state index in [0.717, 1.165) is 30.7 Å². The molecule has 1 rings (SSSR count). The molecule has 1 heterocycles. The van der Waals surface area contributed by atoms with Gasteiger partial charge in [0.1, 0.15) is 5.69 Å². The lowest BCUT2D eigenvalue weighted by molar-refractivity contribution is 0.0953. The van der Waals surface area contributed by atoms with Gasteiger partial charge in [-0.25, -0.2) is 0 Å². The van der Waals surface area contributed by atoms with Crippen LogP contribution in [0.1, 0.15) is 56.2 Å². The third-order valence-electron chi connectivity index (χ3n) is 2.89. The van der Waals surface area contributed by atoms with Gasteiger partial charge in [-0.3, -0.25) is 9.48 Å². The van der Waals surface area contributed by atoms with Gasteiger partial charge in [0, 0.05) is 13.5 Å². The molecular formula is C13H22N2O. The Morgan fingerprint density at radius 3 is 2.69 bits per heavy atom. The number of aromatic nitrogens is 2. The maximum atomic E-state index is 12.0. The minimum absolute atomic E-state index is 0.218. The normalized spacial score (nSPS) is 12.8. The van der Waals surface area contributed by atoms with Crippen LogP contribution in [-0.4, -0.2) is 15.6 Å². The van der Waals surface area contributed by atoms with Crippen LogP contribution < -0.4 is 0 Å². The Morgan fingerprint density at radius 1 is 1.50 bits per heavy atom. The Balaban J connectivity index is 2.68. The van der Waals surface area contributed by atoms with Gasteiger partial charge in [0.2, 0.25) is 0 Å². The minimum atomic E-state index is 0.218. The van der Waals surface area contributed by atoms with Crippen LogP contribution in [0.4, 0.5) is 0 Å². The molecule has 3 nitrogen and oxygen atoms in total. The Bertz CT molecular complexity index is 355. The number of carbonyl (C=O) groups excluding carboxylic acids is 1. The standard InChI is InChI=1S/C13H22N2O/c1-5-7-10(3)8-13(16)12-9-11(6-2)14-15(12)4/h9-10H,5-8H2,1-4H3. The number of nitrogens with zero attached hydrogens (tertiary/aromatic N) is 2. The predicted octanol–water partition coefficient (Wildman–Crippen LogP) is 2.99. The fraction of sp³-hybridized carbons (Fsp3) is 0.692. The number of carbonyl (C=O) groups is 1. The van der Waals surface area contributed by atoms with Gasteiger partial charge >= 0.3 is 0 Å². The number of Topliss-reactive ketones (excluding diaryl/α,β-unsaturated/α-hetero) is 1. The van der Waals surface area contributed by atoms with Crippen LogP contribution in [0.5, 0.6) is 0 Å². The van der Waals surface area contributed by atoms with Crippen molar-refractivity contribution in [3.8, 4) is 0 Å². The van der Waals surface area contributed by atoms with E-state index >= 15 is 0 Å². The Kier molecular flexibility index (Phi) is 4.71. The minimum Gasteiger partial charge on any atom is -0.292 e. The summed E-state index contributed by atoms with van der Waals surface area (Å²) in [5.41, 5.74) is 1.74. The fourth-order valence-electron chi connectivity index (χ4n) is 1.98. The Labute approximate surface area is 97.8 Å². The second-order valence-corrected chi connectivity index (χ2v) is 4.52. The topological polar surface area (TPSA) is 34.9 Å². The molecule has 0 amide bonds. The number of rotatable bonds is 6. The van der Waals surface area contributed by atoms with Gasteiger partial charge in [0.25, 0.3) is 0 Å². The van der Waals surface area contributed by atoms with Crippen molar-refractivity contribution in [2.45, 2.75) is 46.5 Å². The molecule has 0 aromatic carbocycles. The highest BCUT2D eigenvalue weighted by Crippen LogP contribution is 2.15. The van der Waals surface area contributed by atoms with Crippen LogP contribution >= 0.6 is 0 Å². The van der Waals surface area contributed by atoms with Crippen LogP contribution in [0.15, 0.2) is 6.07 Å². The summed E-state index contributed by atoms with van der Waals surface area (Å²) in [5.74, 6) is 0.688. The molecule has 0 saturated heterocycles. The zero-order chi connectivity index (χ0) is 12.1. The molecule has 0 bridgehead atoms. The number of ketones is 1. The summed E-state index contributed by atoms with van der Waals surface area (Å²) in [5, 5.41) is 4.30. The third-order valence-corrected chi connectivity index (χ3v) is 2.89. The SMILES string of the molecule is CCCC(C)CC(=O)c1cc(CC)nn1C. The quantitative estimate of drug-likeness (QED) is 0.693. The second-order valence-electron chi connectivity index (χ2n) is 4.52. The molecule has 1 unspecified atom stereocenters. The maximum Gasteiger partial charge on any atom is 0.181 e. The first kappa shape index (κ1) is 12.9. The van der Waals surface area contributed by atoms with Gasteiger partial charge in [-0.05, 0) is 18.4 Å². The highest BCUT2D eigenvalue weighted by Gasteiger charge is 2.15. The molecule has 0 saturated carbocycles. The Morgan fingerprint density at radius 2 is 2.19 bits per heavy atom. The molecule has 0 aliphatic rings. The van der Waals surface area contributed by atoms with E-state index in [2.05, 4.69) is 25.9 Å². The summed E-state index contributed by atoms with van der Waals surface area (Å²) in [6, 6.07) is 1.92. The zero-order valence-corrected chi connectivity index (χ0v) is 10.8. The molecule has 3 heteroatoms. The Hall–Kier alpha value is -1.12. The first-order valence-electron chi connectivity index (χ1n) is 6.14. The highest BCUT2D eigenvalue weighted by molar-refractivity contribution is 5.94. The third kappa shape index (κ3) is 3.19. The lowest BCUT2D eigenvalue weighted by Gasteiger charge is -2.08. The number of hydrogen-bond donors (Lipinski definition) is 0. The van der Waals surface area contributed by atoms with Crippen LogP contribution in [0.3, 0.4) is 0 Å². The molecule has 1 aromatic rings.